The predicted octanol–water partition coefficient (Wildman–Crippen LogP) is 2.93. The molecule has 0 saturated carbocycles. The predicted molar refractivity (Wildman–Crippen MR) is 99.0 cm³/mol. The first kappa shape index (κ1) is 18.2. The maximum absolute atomic E-state index is 12.8. The highest BCUT2D eigenvalue weighted by atomic mass is 32.2. The molecule has 2 aromatic carbocycles. The first-order valence-electron chi connectivity index (χ1n) is 8.16. The third-order valence-corrected chi connectivity index (χ3v) is 5.94. The fourth-order valence-corrected chi connectivity index (χ4v) is 3.85. The number of sulfonamides is 1. The Morgan fingerprint density at radius 1 is 1.12 bits per heavy atom. The van der Waals surface area contributed by atoms with Gasteiger partial charge >= 0.3 is 0 Å². The summed E-state index contributed by atoms with van der Waals surface area (Å²) in [7, 11) is -2.38. The van der Waals surface area contributed by atoms with E-state index in [1.165, 1.54) is 13.3 Å². The Bertz CT molecular complexity index is 1010. The number of nitrogens with zero attached hydrogens (tertiary/aromatic N) is 1. The molecular weight excluding hydrogens is 352 g/mol. The average molecular weight is 372 g/mol. The molecule has 0 bridgehead atoms. The van der Waals surface area contributed by atoms with Gasteiger partial charge in [-0.05, 0) is 42.0 Å². The first-order chi connectivity index (χ1) is 12.4. The number of furan rings is 1. The van der Waals surface area contributed by atoms with E-state index in [9.17, 15) is 13.2 Å². The van der Waals surface area contributed by atoms with E-state index in [-0.39, 0.29) is 17.5 Å². The lowest BCUT2D eigenvalue weighted by Crippen LogP contribution is -2.39. The molecule has 0 saturated heterocycles. The number of fused-ring (bicyclic) bond motifs is 1. The molecule has 0 aliphatic heterocycles. The summed E-state index contributed by atoms with van der Waals surface area (Å²) in [5.74, 6) is 0.208. The molecule has 0 aliphatic carbocycles. The molecule has 0 unspecified atom stereocenters. The van der Waals surface area contributed by atoms with Crippen molar-refractivity contribution in [2.75, 3.05) is 13.6 Å². The number of carbonyl (C=O) groups excluding carboxylic acids is 1. The van der Waals surface area contributed by atoms with Crippen LogP contribution < -0.4 is 5.32 Å². The summed E-state index contributed by atoms with van der Waals surface area (Å²) in [6, 6.07) is 15.6. The van der Waals surface area contributed by atoms with Crippen molar-refractivity contribution in [3.63, 3.8) is 0 Å². The smallest absolute Gasteiger partial charge is 0.243 e. The number of rotatable bonds is 6. The number of hydrogen-bond donors (Lipinski definition) is 1. The monoisotopic (exact) mass is 372 g/mol. The van der Waals surface area contributed by atoms with Crippen molar-refractivity contribution in [3.05, 3.63) is 66.6 Å². The highest BCUT2D eigenvalue weighted by Crippen LogP contribution is 2.21. The van der Waals surface area contributed by atoms with Gasteiger partial charge in [0.25, 0.3) is 0 Å². The summed E-state index contributed by atoms with van der Waals surface area (Å²) in [6.45, 7) is 1.49. The summed E-state index contributed by atoms with van der Waals surface area (Å²) in [4.78, 5) is 12.3. The van der Waals surface area contributed by atoms with Crippen molar-refractivity contribution >= 4 is 26.7 Å². The van der Waals surface area contributed by atoms with Crippen LogP contribution in [0.3, 0.4) is 0 Å². The topological polar surface area (TPSA) is 79.6 Å². The summed E-state index contributed by atoms with van der Waals surface area (Å²) in [5.41, 5.74) is 0. The van der Waals surface area contributed by atoms with E-state index in [1.54, 1.807) is 37.3 Å². The summed E-state index contributed by atoms with van der Waals surface area (Å²) >= 11 is 0. The van der Waals surface area contributed by atoms with Crippen LogP contribution in [0.4, 0.5) is 0 Å². The van der Waals surface area contributed by atoms with Crippen LogP contribution >= 0.6 is 0 Å². The molecule has 1 aromatic heterocycles. The van der Waals surface area contributed by atoms with Crippen LogP contribution in [0.15, 0.2) is 70.2 Å². The van der Waals surface area contributed by atoms with Crippen LogP contribution in [0.2, 0.25) is 0 Å². The van der Waals surface area contributed by atoms with Gasteiger partial charge < -0.3 is 9.73 Å². The van der Waals surface area contributed by atoms with Gasteiger partial charge in [-0.1, -0.05) is 30.3 Å². The fraction of sp³-hybridized carbons (Fsp3) is 0.211. The normalized spacial score (nSPS) is 13.0. The zero-order valence-electron chi connectivity index (χ0n) is 14.5. The Morgan fingerprint density at radius 2 is 1.85 bits per heavy atom. The first-order valence-corrected chi connectivity index (χ1v) is 9.60. The fourth-order valence-electron chi connectivity index (χ4n) is 2.69. The second kappa shape index (κ2) is 7.31. The molecule has 1 heterocycles. The van der Waals surface area contributed by atoms with Crippen LogP contribution in [0.1, 0.15) is 18.7 Å². The minimum atomic E-state index is -3.77. The van der Waals surface area contributed by atoms with Crippen molar-refractivity contribution in [1.82, 2.24) is 9.62 Å². The molecule has 26 heavy (non-hydrogen) atoms. The number of likely N-dealkylation sites (N-methyl/N-ethyl adjacent to an activating group) is 1. The molecule has 1 amide bonds. The van der Waals surface area contributed by atoms with Gasteiger partial charge in [0, 0.05) is 7.05 Å². The van der Waals surface area contributed by atoms with Crippen molar-refractivity contribution in [3.8, 4) is 0 Å². The van der Waals surface area contributed by atoms with Gasteiger partial charge in [0.1, 0.15) is 5.76 Å². The SMILES string of the molecule is C[C@H](NC(=O)CN(C)S(=O)(=O)c1ccc2ccccc2c1)c1ccco1. The van der Waals surface area contributed by atoms with E-state index < -0.39 is 15.9 Å². The lowest BCUT2D eigenvalue weighted by molar-refractivity contribution is -0.121. The highest BCUT2D eigenvalue weighted by Gasteiger charge is 2.24. The average Bonchev–Trinajstić information content (AvgIpc) is 3.16. The summed E-state index contributed by atoms with van der Waals surface area (Å²) in [6.07, 6.45) is 1.52. The molecule has 7 heteroatoms. The Labute approximate surface area is 152 Å². The van der Waals surface area contributed by atoms with Crippen LogP contribution in [0.5, 0.6) is 0 Å². The second-order valence-corrected chi connectivity index (χ2v) is 8.12. The van der Waals surface area contributed by atoms with E-state index in [0.717, 1.165) is 15.1 Å². The molecule has 1 atom stereocenters. The maximum atomic E-state index is 12.8. The lowest BCUT2D eigenvalue weighted by atomic mass is 10.1. The highest BCUT2D eigenvalue weighted by molar-refractivity contribution is 7.89. The number of carbonyl (C=O) groups is 1. The van der Waals surface area contributed by atoms with Crippen LogP contribution in [0.25, 0.3) is 10.8 Å². The van der Waals surface area contributed by atoms with Gasteiger partial charge in [0.05, 0.1) is 23.7 Å². The van der Waals surface area contributed by atoms with Crippen molar-refractivity contribution < 1.29 is 17.6 Å². The largest absolute Gasteiger partial charge is 0.467 e. The molecule has 1 N–H and O–H groups in total. The molecular formula is C19H20N2O4S. The van der Waals surface area contributed by atoms with Gasteiger partial charge in [-0.15, -0.1) is 0 Å². The Balaban J connectivity index is 1.72. The van der Waals surface area contributed by atoms with Crippen molar-refractivity contribution in [2.45, 2.75) is 17.9 Å². The molecule has 0 fully saturated rings. The van der Waals surface area contributed by atoms with Gasteiger partial charge in [0.15, 0.2) is 0 Å². The van der Waals surface area contributed by atoms with E-state index in [1.807, 2.05) is 24.3 Å². The lowest BCUT2D eigenvalue weighted by Gasteiger charge is -2.18. The molecule has 0 aliphatic rings. The molecule has 136 valence electrons. The molecule has 0 spiro atoms. The summed E-state index contributed by atoms with van der Waals surface area (Å²) in [5, 5.41) is 4.52. The number of amides is 1. The summed E-state index contributed by atoms with van der Waals surface area (Å²) < 4.78 is 31.8. The van der Waals surface area contributed by atoms with E-state index in [4.69, 9.17) is 4.42 Å². The number of benzene rings is 2. The van der Waals surface area contributed by atoms with Crippen molar-refractivity contribution in [2.24, 2.45) is 0 Å². The van der Waals surface area contributed by atoms with Crippen LogP contribution in [-0.4, -0.2) is 32.2 Å². The third-order valence-electron chi connectivity index (χ3n) is 4.14. The number of hydrogen-bond acceptors (Lipinski definition) is 4. The van der Waals surface area contributed by atoms with Gasteiger partial charge in [0.2, 0.25) is 15.9 Å². The van der Waals surface area contributed by atoms with Crippen LogP contribution in [0, 0.1) is 0 Å². The molecule has 6 nitrogen and oxygen atoms in total. The molecule has 3 rings (SSSR count). The molecule has 3 aromatic rings. The minimum absolute atomic E-state index is 0.158. The Hall–Kier alpha value is -2.64. The van der Waals surface area contributed by atoms with Gasteiger partial charge in [-0.3, -0.25) is 4.79 Å². The van der Waals surface area contributed by atoms with Crippen LogP contribution in [-0.2, 0) is 14.8 Å². The van der Waals surface area contributed by atoms with Gasteiger partial charge in [-0.2, -0.15) is 4.31 Å². The number of nitrogens with one attached hydrogen (secondary N) is 1. The Kier molecular flexibility index (Phi) is 5.11. The van der Waals surface area contributed by atoms with E-state index >= 15 is 0 Å². The van der Waals surface area contributed by atoms with E-state index in [2.05, 4.69) is 5.32 Å². The van der Waals surface area contributed by atoms with Gasteiger partial charge in [-0.25, -0.2) is 8.42 Å². The zero-order chi connectivity index (χ0) is 18.7. The third kappa shape index (κ3) is 3.79. The Morgan fingerprint density at radius 3 is 2.54 bits per heavy atom. The standard InChI is InChI=1S/C19H20N2O4S/c1-14(18-8-5-11-25-18)20-19(22)13-21(2)26(23,24)17-10-9-15-6-3-4-7-16(15)12-17/h3-12,14H,13H2,1-2H3,(H,20,22)/t14-/m0/s1. The quantitative estimate of drug-likeness (QED) is 0.721. The maximum Gasteiger partial charge on any atom is 0.243 e. The van der Waals surface area contributed by atoms with E-state index in [0.29, 0.717) is 5.76 Å². The molecule has 0 radical (unpaired) electrons. The second-order valence-electron chi connectivity index (χ2n) is 6.07. The zero-order valence-corrected chi connectivity index (χ0v) is 15.4. The minimum Gasteiger partial charge on any atom is -0.467 e. The van der Waals surface area contributed by atoms with Crippen molar-refractivity contribution in [1.29, 1.82) is 0 Å².